The first kappa shape index (κ1) is 15.7. The highest BCUT2D eigenvalue weighted by molar-refractivity contribution is 9.10. The third-order valence-electron chi connectivity index (χ3n) is 2.96. The van der Waals surface area contributed by atoms with Crippen LogP contribution in [0.4, 0.5) is 0 Å². The summed E-state index contributed by atoms with van der Waals surface area (Å²) in [4.78, 5) is 17.0. The lowest BCUT2D eigenvalue weighted by Gasteiger charge is -2.16. The highest BCUT2D eigenvalue weighted by Gasteiger charge is 2.16. The van der Waals surface area contributed by atoms with Crippen molar-refractivity contribution in [2.45, 2.75) is 13.5 Å². The average molecular weight is 354 g/mol. The maximum Gasteiger partial charge on any atom is 0.307 e. The Kier molecular flexibility index (Phi) is 5.08. The summed E-state index contributed by atoms with van der Waals surface area (Å²) in [7, 11) is 1.82. The molecule has 1 heterocycles. The molecular weight excluding hydrogens is 338 g/mol. The molecule has 0 saturated heterocycles. The molecule has 1 atom stereocenters. The van der Waals surface area contributed by atoms with E-state index in [9.17, 15) is 4.79 Å². The molecule has 0 amide bonds. The van der Waals surface area contributed by atoms with Gasteiger partial charge in [0.25, 0.3) is 0 Å². The number of halogens is 1. The monoisotopic (exact) mass is 353 g/mol. The van der Waals surface area contributed by atoms with Gasteiger partial charge in [-0.2, -0.15) is 4.98 Å². The lowest BCUT2D eigenvalue weighted by Crippen LogP contribution is -2.28. The van der Waals surface area contributed by atoms with Gasteiger partial charge in [0, 0.05) is 16.6 Å². The molecule has 6 nitrogen and oxygen atoms in total. The molecule has 112 valence electrons. The van der Waals surface area contributed by atoms with Gasteiger partial charge >= 0.3 is 5.97 Å². The summed E-state index contributed by atoms with van der Waals surface area (Å²) in [5.41, 5.74) is 0.862. The summed E-state index contributed by atoms with van der Waals surface area (Å²) in [5, 5.41) is 12.8. The maximum absolute atomic E-state index is 10.8. The smallest absolute Gasteiger partial charge is 0.307 e. The quantitative estimate of drug-likeness (QED) is 0.859. The zero-order chi connectivity index (χ0) is 15.4. The molecule has 0 radical (unpaired) electrons. The normalized spacial score (nSPS) is 12.6. The van der Waals surface area contributed by atoms with Crippen molar-refractivity contribution in [2.75, 3.05) is 13.6 Å². The summed E-state index contributed by atoms with van der Waals surface area (Å²) in [6, 6.07) is 7.63. The second kappa shape index (κ2) is 6.82. The van der Waals surface area contributed by atoms with E-state index in [4.69, 9.17) is 9.63 Å². The first-order valence-electron chi connectivity index (χ1n) is 6.45. The largest absolute Gasteiger partial charge is 0.481 e. The van der Waals surface area contributed by atoms with Crippen LogP contribution >= 0.6 is 15.9 Å². The molecular formula is C14H16BrN3O3. The van der Waals surface area contributed by atoms with Gasteiger partial charge in [-0.25, -0.2) is 0 Å². The Morgan fingerprint density at radius 1 is 1.52 bits per heavy atom. The molecule has 1 aromatic carbocycles. The summed E-state index contributed by atoms with van der Waals surface area (Å²) in [6.07, 6.45) is 0. The molecule has 2 rings (SSSR count). The van der Waals surface area contributed by atoms with Crippen LogP contribution in [0.25, 0.3) is 11.4 Å². The SMILES string of the molecule is CC(CN(C)Cc1nc(-c2cccc(Br)c2)no1)C(=O)O. The van der Waals surface area contributed by atoms with Crippen molar-refractivity contribution >= 4 is 21.9 Å². The van der Waals surface area contributed by atoms with Crippen LogP contribution in [0.15, 0.2) is 33.3 Å². The second-order valence-corrected chi connectivity index (χ2v) is 5.87. The second-order valence-electron chi connectivity index (χ2n) is 4.96. The van der Waals surface area contributed by atoms with E-state index in [1.165, 1.54) is 0 Å². The lowest BCUT2D eigenvalue weighted by molar-refractivity contribution is -0.141. The molecule has 21 heavy (non-hydrogen) atoms. The number of rotatable bonds is 6. The van der Waals surface area contributed by atoms with Crippen LogP contribution in [-0.4, -0.2) is 39.7 Å². The molecule has 0 spiro atoms. The first-order valence-corrected chi connectivity index (χ1v) is 7.25. The van der Waals surface area contributed by atoms with Crippen LogP contribution in [0.1, 0.15) is 12.8 Å². The number of benzene rings is 1. The van der Waals surface area contributed by atoms with Crippen molar-refractivity contribution in [3.05, 3.63) is 34.6 Å². The van der Waals surface area contributed by atoms with Gasteiger partial charge in [0.15, 0.2) is 0 Å². The molecule has 1 N–H and O–H groups in total. The van der Waals surface area contributed by atoms with Crippen LogP contribution in [0, 0.1) is 5.92 Å². The number of aromatic nitrogens is 2. The third kappa shape index (κ3) is 4.37. The topological polar surface area (TPSA) is 79.5 Å². The van der Waals surface area contributed by atoms with E-state index in [1.54, 1.807) is 6.92 Å². The molecule has 1 unspecified atom stereocenters. The maximum atomic E-state index is 10.8. The van der Waals surface area contributed by atoms with Gasteiger partial charge in [-0.1, -0.05) is 40.1 Å². The summed E-state index contributed by atoms with van der Waals surface area (Å²) >= 11 is 3.40. The Labute approximate surface area is 130 Å². The minimum Gasteiger partial charge on any atom is -0.481 e. The minimum atomic E-state index is -0.817. The highest BCUT2D eigenvalue weighted by Crippen LogP contribution is 2.20. The first-order chi connectivity index (χ1) is 9.95. The molecule has 0 aliphatic carbocycles. The van der Waals surface area contributed by atoms with Crippen LogP contribution in [0.3, 0.4) is 0 Å². The molecule has 7 heteroatoms. The van der Waals surface area contributed by atoms with E-state index in [1.807, 2.05) is 36.2 Å². The highest BCUT2D eigenvalue weighted by atomic mass is 79.9. The van der Waals surface area contributed by atoms with E-state index in [0.717, 1.165) is 10.0 Å². The van der Waals surface area contributed by atoms with Crippen LogP contribution < -0.4 is 0 Å². The fourth-order valence-corrected chi connectivity index (χ4v) is 2.30. The van der Waals surface area contributed by atoms with E-state index in [0.29, 0.717) is 24.8 Å². The summed E-state index contributed by atoms with van der Waals surface area (Å²) in [5.74, 6) is -0.277. The number of carbonyl (C=O) groups is 1. The number of hydrogen-bond donors (Lipinski definition) is 1. The fourth-order valence-electron chi connectivity index (χ4n) is 1.90. The predicted molar refractivity (Wildman–Crippen MR) is 80.6 cm³/mol. The molecule has 2 aromatic rings. The van der Waals surface area contributed by atoms with E-state index >= 15 is 0 Å². The number of aliphatic carboxylic acids is 1. The zero-order valence-electron chi connectivity index (χ0n) is 11.8. The standard InChI is InChI=1S/C14H16BrN3O3/c1-9(14(19)20)7-18(2)8-12-16-13(17-21-12)10-4-3-5-11(15)6-10/h3-6,9H,7-8H2,1-2H3,(H,19,20). The van der Waals surface area contributed by atoms with Crippen molar-refractivity contribution in [1.29, 1.82) is 0 Å². The average Bonchev–Trinajstić information content (AvgIpc) is 2.86. The van der Waals surface area contributed by atoms with Crippen molar-refractivity contribution in [3.63, 3.8) is 0 Å². The fraction of sp³-hybridized carbons (Fsp3) is 0.357. The molecule has 0 bridgehead atoms. The van der Waals surface area contributed by atoms with Gasteiger partial charge in [-0.05, 0) is 19.2 Å². The van der Waals surface area contributed by atoms with Crippen molar-refractivity contribution in [1.82, 2.24) is 15.0 Å². The molecule has 0 aliphatic heterocycles. The van der Waals surface area contributed by atoms with Gasteiger partial charge in [-0.3, -0.25) is 9.69 Å². The molecule has 0 aliphatic rings. The van der Waals surface area contributed by atoms with E-state index in [2.05, 4.69) is 26.1 Å². The van der Waals surface area contributed by atoms with E-state index < -0.39 is 11.9 Å². The third-order valence-corrected chi connectivity index (χ3v) is 3.46. The lowest BCUT2D eigenvalue weighted by atomic mass is 10.2. The number of carboxylic acid groups (broad SMARTS) is 1. The zero-order valence-corrected chi connectivity index (χ0v) is 13.4. The van der Waals surface area contributed by atoms with Gasteiger partial charge in [-0.15, -0.1) is 0 Å². The Hall–Kier alpha value is -1.73. The predicted octanol–water partition coefficient (Wildman–Crippen LogP) is 2.65. The Morgan fingerprint density at radius 2 is 2.29 bits per heavy atom. The van der Waals surface area contributed by atoms with Crippen LogP contribution in [0.5, 0.6) is 0 Å². The van der Waals surface area contributed by atoms with Gasteiger partial charge in [0.2, 0.25) is 11.7 Å². The number of hydrogen-bond acceptors (Lipinski definition) is 5. The molecule has 1 aromatic heterocycles. The minimum absolute atomic E-state index is 0.415. The van der Waals surface area contributed by atoms with Gasteiger partial charge in [0.05, 0.1) is 12.5 Å². The van der Waals surface area contributed by atoms with E-state index in [-0.39, 0.29) is 0 Å². The number of nitrogens with zero attached hydrogens (tertiary/aromatic N) is 3. The van der Waals surface area contributed by atoms with Crippen molar-refractivity contribution < 1.29 is 14.4 Å². The van der Waals surface area contributed by atoms with Crippen LogP contribution in [0.2, 0.25) is 0 Å². The van der Waals surface area contributed by atoms with Gasteiger partial charge in [0.1, 0.15) is 0 Å². The Bertz CT molecular complexity index is 629. The molecule has 0 fully saturated rings. The van der Waals surface area contributed by atoms with Crippen molar-refractivity contribution in [3.8, 4) is 11.4 Å². The Balaban J connectivity index is 2.02. The Morgan fingerprint density at radius 3 is 2.95 bits per heavy atom. The molecule has 0 saturated carbocycles. The summed E-state index contributed by atoms with van der Waals surface area (Å²) < 4.78 is 6.15. The summed E-state index contributed by atoms with van der Waals surface area (Å²) in [6.45, 7) is 2.50. The van der Waals surface area contributed by atoms with Crippen LogP contribution in [-0.2, 0) is 11.3 Å². The van der Waals surface area contributed by atoms with Gasteiger partial charge < -0.3 is 9.63 Å². The van der Waals surface area contributed by atoms with Crippen molar-refractivity contribution in [2.24, 2.45) is 5.92 Å². The number of carboxylic acids is 1.